The molecule has 3 aromatic rings. The van der Waals surface area contributed by atoms with E-state index in [-0.39, 0.29) is 5.91 Å². The number of hydrogen-bond acceptors (Lipinski definition) is 5. The number of thiazole rings is 1. The van der Waals surface area contributed by atoms with E-state index in [0.29, 0.717) is 11.7 Å². The number of nitrogens with zero attached hydrogens (tertiary/aromatic N) is 4. The summed E-state index contributed by atoms with van der Waals surface area (Å²) in [5, 5.41) is 14.4. The highest BCUT2D eigenvalue weighted by Crippen LogP contribution is 2.25. The highest BCUT2D eigenvalue weighted by Gasteiger charge is 2.30. The summed E-state index contributed by atoms with van der Waals surface area (Å²) in [5.41, 5.74) is 2.36. The van der Waals surface area contributed by atoms with Crippen molar-refractivity contribution in [2.24, 2.45) is 0 Å². The Morgan fingerprint density at radius 3 is 2.75 bits per heavy atom. The van der Waals surface area contributed by atoms with Gasteiger partial charge in [0.15, 0.2) is 6.04 Å². The minimum atomic E-state index is -0.521. The number of aryl methyl sites for hydroxylation is 1. The molecule has 2 heterocycles. The summed E-state index contributed by atoms with van der Waals surface area (Å²) in [6.45, 7) is 1.95. The van der Waals surface area contributed by atoms with Crippen LogP contribution in [-0.4, -0.2) is 31.9 Å². The predicted octanol–water partition coefficient (Wildman–Crippen LogP) is 2.58. The SMILES string of the molecule is Cc1nc(-c2cn(C(C(=O)NC3CC3)c3ccccc3)nn2)cs1. The zero-order chi connectivity index (χ0) is 16.5. The smallest absolute Gasteiger partial charge is 0.249 e. The van der Waals surface area contributed by atoms with Crippen molar-refractivity contribution in [2.75, 3.05) is 0 Å². The van der Waals surface area contributed by atoms with Crippen LogP contribution < -0.4 is 5.32 Å². The van der Waals surface area contributed by atoms with Crippen molar-refractivity contribution in [3.63, 3.8) is 0 Å². The summed E-state index contributed by atoms with van der Waals surface area (Å²) in [4.78, 5) is 17.2. The van der Waals surface area contributed by atoms with Gasteiger partial charge >= 0.3 is 0 Å². The van der Waals surface area contributed by atoms with Crippen molar-refractivity contribution in [3.8, 4) is 11.4 Å². The van der Waals surface area contributed by atoms with Crippen LogP contribution in [0.1, 0.15) is 29.5 Å². The third-order valence-electron chi connectivity index (χ3n) is 3.94. The third kappa shape index (κ3) is 3.07. The number of hydrogen-bond donors (Lipinski definition) is 1. The van der Waals surface area contributed by atoms with E-state index in [1.165, 1.54) is 0 Å². The maximum atomic E-state index is 12.7. The van der Waals surface area contributed by atoms with Crippen molar-refractivity contribution in [1.82, 2.24) is 25.3 Å². The molecule has 6 nitrogen and oxygen atoms in total. The van der Waals surface area contributed by atoms with Gasteiger partial charge < -0.3 is 5.32 Å². The van der Waals surface area contributed by atoms with Gasteiger partial charge in [-0.25, -0.2) is 9.67 Å². The second kappa shape index (κ2) is 6.16. The molecule has 4 rings (SSSR count). The van der Waals surface area contributed by atoms with Gasteiger partial charge in [0.05, 0.1) is 11.2 Å². The summed E-state index contributed by atoms with van der Waals surface area (Å²) < 4.78 is 1.62. The van der Waals surface area contributed by atoms with Crippen molar-refractivity contribution < 1.29 is 4.79 Å². The van der Waals surface area contributed by atoms with Crippen LogP contribution >= 0.6 is 11.3 Å². The largest absolute Gasteiger partial charge is 0.351 e. The van der Waals surface area contributed by atoms with Gasteiger partial charge in [-0.05, 0) is 25.3 Å². The Balaban J connectivity index is 1.68. The molecule has 1 atom stereocenters. The standard InChI is InChI=1S/C17H17N5OS/c1-11-18-15(10-24-11)14-9-22(21-20-14)16(12-5-3-2-4-6-12)17(23)19-13-7-8-13/h2-6,9-10,13,16H,7-8H2,1H3,(H,19,23). The fourth-order valence-electron chi connectivity index (χ4n) is 2.57. The molecule has 0 spiro atoms. The summed E-state index contributed by atoms with van der Waals surface area (Å²) in [7, 11) is 0. The van der Waals surface area contributed by atoms with Crippen LogP contribution in [0.5, 0.6) is 0 Å². The quantitative estimate of drug-likeness (QED) is 0.775. The molecule has 24 heavy (non-hydrogen) atoms. The van der Waals surface area contributed by atoms with E-state index in [0.717, 1.165) is 29.1 Å². The normalized spacial score (nSPS) is 15.2. The first-order valence-electron chi connectivity index (χ1n) is 7.90. The van der Waals surface area contributed by atoms with Crippen LogP contribution in [0.25, 0.3) is 11.4 Å². The molecule has 2 aromatic heterocycles. The Morgan fingerprint density at radius 1 is 1.29 bits per heavy atom. The van der Waals surface area contributed by atoms with Gasteiger partial charge in [0.2, 0.25) is 5.91 Å². The average molecular weight is 339 g/mol. The first-order valence-corrected chi connectivity index (χ1v) is 8.78. The van der Waals surface area contributed by atoms with Gasteiger partial charge in [-0.2, -0.15) is 0 Å². The lowest BCUT2D eigenvalue weighted by Crippen LogP contribution is -2.35. The highest BCUT2D eigenvalue weighted by molar-refractivity contribution is 7.09. The van der Waals surface area contributed by atoms with Gasteiger partial charge in [0, 0.05) is 11.4 Å². The van der Waals surface area contributed by atoms with E-state index in [2.05, 4.69) is 20.6 Å². The number of carbonyl (C=O) groups is 1. The minimum Gasteiger partial charge on any atom is -0.351 e. The molecule has 0 aliphatic heterocycles. The molecule has 1 aliphatic rings. The van der Waals surface area contributed by atoms with Gasteiger partial charge in [-0.3, -0.25) is 4.79 Å². The molecule has 0 bridgehead atoms. The van der Waals surface area contributed by atoms with Crippen molar-refractivity contribution in [1.29, 1.82) is 0 Å². The van der Waals surface area contributed by atoms with Crippen molar-refractivity contribution in [2.45, 2.75) is 31.8 Å². The summed E-state index contributed by atoms with van der Waals surface area (Å²) in [6.07, 6.45) is 3.89. The maximum absolute atomic E-state index is 12.7. The van der Waals surface area contributed by atoms with E-state index in [4.69, 9.17) is 0 Å². The highest BCUT2D eigenvalue weighted by atomic mass is 32.1. The van der Waals surface area contributed by atoms with E-state index < -0.39 is 6.04 Å². The average Bonchev–Trinajstić information content (AvgIpc) is 3.08. The zero-order valence-electron chi connectivity index (χ0n) is 13.2. The van der Waals surface area contributed by atoms with Gasteiger partial charge in [0.25, 0.3) is 0 Å². The van der Waals surface area contributed by atoms with E-state index >= 15 is 0 Å². The van der Waals surface area contributed by atoms with Gasteiger partial charge in [-0.1, -0.05) is 35.5 Å². The van der Waals surface area contributed by atoms with Crippen LogP contribution in [0.3, 0.4) is 0 Å². The lowest BCUT2D eigenvalue weighted by atomic mass is 10.1. The Bertz CT molecular complexity index is 853. The van der Waals surface area contributed by atoms with Crippen molar-refractivity contribution >= 4 is 17.2 Å². The van der Waals surface area contributed by atoms with Crippen LogP contribution in [0.2, 0.25) is 0 Å². The summed E-state index contributed by atoms with van der Waals surface area (Å²) in [6, 6.07) is 9.44. The van der Waals surface area contributed by atoms with Gasteiger partial charge in [-0.15, -0.1) is 16.4 Å². The fourth-order valence-corrected chi connectivity index (χ4v) is 3.18. The molecule has 0 saturated heterocycles. The lowest BCUT2D eigenvalue weighted by Gasteiger charge is -2.16. The second-order valence-corrected chi connectivity index (χ2v) is 6.99. The molecule has 1 fully saturated rings. The number of rotatable bonds is 5. The van der Waals surface area contributed by atoms with E-state index in [1.807, 2.05) is 42.6 Å². The molecule has 1 amide bonds. The van der Waals surface area contributed by atoms with E-state index in [1.54, 1.807) is 22.2 Å². The molecule has 1 saturated carbocycles. The molecule has 1 aromatic carbocycles. The first kappa shape index (κ1) is 15.0. The van der Waals surface area contributed by atoms with Crippen LogP contribution in [0.4, 0.5) is 0 Å². The lowest BCUT2D eigenvalue weighted by molar-refractivity contribution is -0.123. The Labute approximate surface area is 143 Å². The number of amides is 1. The van der Waals surface area contributed by atoms with Crippen LogP contribution in [0.15, 0.2) is 41.9 Å². The summed E-state index contributed by atoms with van der Waals surface area (Å²) >= 11 is 1.57. The zero-order valence-corrected chi connectivity index (χ0v) is 14.0. The topological polar surface area (TPSA) is 72.7 Å². The molecule has 1 aliphatic carbocycles. The Kier molecular flexibility index (Phi) is 3.86. The van der Waals surface area contributed by atoms with Crippen LogP contribution in [-0.2, 0) is 4.79 Å². The number of nitrogens with one attached hydrogen (secondary N) is 1. The van der Waals surface area contributed by atoms with Crippen molar-refractivity contribution in [3.05, 3.63) is 52.5 Å². The molecule has 0 radical (unpaired) electrons. The predicted molar refractivity (Wildman–Crippen MR) is 91.6 cm³/mol. The third-order valence-corrected chi connectivity index (χ3v) is 4.72. The number of aromatic nitrogens is 4. The molecule has 1 unspecified atom stereocenters. The number of carbonyl (C=O) groups excluding carboxylic acids is 1. The number of benzene rings is 1. The molecular formula is C17H17N5OS. The molecular weight excluding hydrogens is 322 g/mol. The Morgan fingerprint density at radius 2 is 2.08 bits per heavy atom. The summed E-state index contributed by atoms with van der Waals surface area (Å²) in [5.74, 6) is -0.0467. The molecule has 1 N–H and O–H groups in total. The molecule has 122 valence electrons. The van der Waals surface area contributed by atoms with E-state index in [9.17, 15) is 4.79 Å². The minimum absolute atomic E-state index is 0.0467. The van der Waals surface area contributed by atoms with Gasteiger partial charge in [0.1, 0.15) is 11.4 Å². The maximum Gasteiger partial charge on any atom is 0.249 e. The molecule has 7 heteroatoms. The Hall–Kier alpha value is -2.54. The second-order valence-electron chi connectivity index (χ2n) is 5.93. The first-order chi connectivity index (χ1) is 11.7. The van der Waals surface area contributed by atoms with Crippen LogP contribution in [0, 0.1) is 6.92 Å². The fraction of sp³-hybridized carbons (Fsp3) is 0.294. The monoisotopic (exact) mass is 339 g/mol.